The average Bonchev–Trinajstić information content (AvgIpc) is 3.14. The number of carbonyl (C=O) groups is 1. The molecule has 0 aliphatic carbocycles. The number of sulfone groups is 1. The van der Waals surface area contributed by atoms with Gasteiger partial charge in [0.1, 0.15) is 0 Å². The zero-order valence-corrected chi connectivity index (χ0v) is 16.0. The van der Waals surface area contributed by atoms with E-state index in [9.17, 15) is 13.2 Å². The summed E-state index contributed by atoms with van der Waals surface area (Å²) in [5.74, 6) is 0.188. The summed E-state index contributed by atoms with van der Waals surface area (Å²) in [5, 5.41) is 14.8. The molecule has 1 aromatic heterocycles. The fraction of sp³-hybridized carbons (Fsp3) is 0.400. The molecule has 0 unspecified atom stereocenters. The molecule has 2 N–H and O–H groups in total. The number of hydrogen-bond donors (Lipinski definition) is 2. The Kier molecular flexibility index (Phi) is 5.60. The van der Waals surface area contributed by atoms with Crippen molar-refractivity contribution in [1.29, 1.82) is 0 Å². The highest BCUT2D eigenvalue weighted by atomic mass is 32.2. The van der Waals surface area contributed by atoms with Crippen LogP contribution in [0.4, 0.5) is 10.8 Å². The Bertz CT molecular complexity index is 866. The van der Waals surface area contributed by atoms with Crippen molar-refractivity contribution in [1.82, 2.24) is 15.5 Å². The molecule has 1 saturated heterocycles. The first kappa shape index (κ1) is 18.2. The van der Waals surface area contributed by atoms with Crippen molar-refractivity contribution in [3.63, 3.8) is 0 Å². The Labute approximate surface area is 154 Å². The maximum atomic E-state index is 11.9. The van der Waals surface area contributed by atoms with Crippen LogP contribution in [0.1, 0.15) is 12.0 Å². The summed E-state index contributed by atoms with van der Waals surface area (Å²) in [6, 6.07) is 7.61. The van der Waals surface area contributed by atoms with Crippen molar-refractivity contribution in [2.75, 3.05) is 22.6 Å². The maximum absolute atomic E-state index is 11.9. The number of aryl methyl sites for hydroxylation is 1. The number of hydrogen-bond acceptors (Lipinski definition) is 8. The fourth-order valence-electron chi connectivity index (χ4n) is 2.45. The second-order valence-corrected chi connectivity index (χ2v) is 10.2. The van der Waals surface area contributed by atoms with Crippen LogP contribution in [0.2, 0.25) is 0 Å². The molecule has 0 radical (unpaired) electrons. The van der Waals surface area contributed by atoms with Gasteiger partial charge in [-0.15, -0.1) is 10.2 Å². The van der Waals surface area contributed by atoms with Crippen LogP contribution >= 0.6 is 23.1 Å². The van der Waals surface area contributed by atoms with Crippen molar-refractivity contribution in [3.8, 4) is 0 Å². The Balaban J connectivity index is 1.48. The van der Waals surface area contributed by atoms with E-state index in [2.05, 4.69) is 20.8 Å². The van der Waals surface area contributed by atoms with Gasteiger partial charge in [0.2, 0.25) is 11.0 Å². The molecule has 2 aromatic rings. The number of amides is 1. The molecule has 10 heteroatoms. The van der Waals surface area contributed by atoms with Crippen LogP contribution in [0.3, 0.4) is 0 Å². The Hall–Kier alpha value is -1.65. The molecule has 1 aliphatic heterocycles. The lowest BCUT2D eigenvalue weighted by Gasteiger charge is -2.09. The number of anilines is 2. The lowest BCUT2D eigenvalue weighted by molar-refractivity contribution is -0.119. The number of nitrogens with one attached hydrogen (secondary N) is 2. The van der Waals surface area contributed by atoms with Crippen molar-refractivity contribution < 1.29 is 13.2 Å². The molecule has 0 saturated carbocycles. The van der Waals surface area contributed by atoms with Gasteiger partial charge in [0.15, 0.2) is 14.2 Å². The first-order valence-electron chi connectivity index (χ1n) is 7.70. The summed E-state index contributed by atoms with van der Waals surface area (Å²) in [4.78, 5) is 11.9. The van der Waals surface area contributed by atoms with Crippen LogP contribution < -0.4 is 10.6 Å². The smallest absolute Gasteiger partial charge is 0.230 e. The molecule has 7 nitrogen and oxygen atoms in total. The van der Waals surface area contributed by atoms with Gasteiger partial charge >= 0.3 is 0 Å². The molecule has 1 amide bonds. The van der Waals surface area contributed by atoms with Gasteiger partial charge in [0.05, 0.1) is 17.3 Å². The third-order valence-electron chi connectivity index (χ3n) is 3.72. The third-order valence-corrected chi connectivity index (χ3v) is 7.46. The van der Waals surface area contributed by atoms with E-state index in [1.54, 1.807) is 0 Å². The molecule has 1 atom stereocenters. The van der Waals surface area contributed by atoms with Crippen LogP contribution in [0.5, 0.6) is 0 Å². The van der Waals surface area contributed by atoms with Crippen molar-refractivity contribution >= 4 is 49.7 Å². The minimum atomic E-state index is -2.99. The predicted molar refractivity (Wildman–Crippen MR) is 100 cm³/mol. The van der Waals surface area contributed by atoms with E-state index in [-0.39, 0.29) is 29.2 Å². The lowest BCUT2D eigenvalue weighted by atomic mass is 10.2. The monoisotopic (exact) mass is 398 g/mol. The Morgan fingerprint density at radius 2 is 2.16 bits per heavy atom. The second kappa shape index (κ2) is 7.71. The first-order chi connectivity index (χ1) is 11.9. The van der Waals surface area contributed by atoms with Gasteiger partial charge in [-0.1, -0.05) is 41.3 Å². The maximum Gasteiger partial charge on any atom is 0.230 e. The number of thioether (sulfide) groups is 1. The third kappa shape index (κ3) is 5.16. The van der Waals surface area contributed by atoms with Gasteiger partial charge in [0.25, 0.3) is 0 Å². The zero-order valence-electron chi connectivity index (χ0n) is 13.6. The number of aromatic nitrogens is 2. The number of rotatable bonds is 6. The molecule has 3 rings (SSSR count). The van der Waals surface area contributed by atoms with E-state index in [4.69, 9.17) is 0 Å². The van der Waals surface area contributed by atoms with E-state index < -0.39 is 9.84 Å². The Morgan fingerprint density at radius 3 is 2.88 bits per heavy atom. The number of carbonyl (C=O) groups excluding carboxylic acids is 1. The van der Waals surface area contributed by atoms with Crippen molar-refractivity contribution in [2.24, 2.45) is 0 Å². The predicted octanol–water partition coefficient (Wildman–Crippen LogP) is 1.99. The van der Waals surface area contributed by atoms with Gasteiger partial charge < -0.3 is 10.6 Å². The summed E-state index contributed by atoms with van der Waals surface area (Å²) < 4.78 is 23.5. The van der Waals surface area contributed by atoms with Crippen molar-refractivity contribution in [2.45, 2.75) is 23.7 Å². The minimum Gasteiger partial charge on any atom is -0.352 e. The zero-order chi connectivity index (χ0) is 17.9. The highest BCUT2D eigenvalue weighted by Gasteiger charge is 2.28. The van der Waals surface area contributed by atoms with E-state index in [0.717, 1.165) is 11.3 Å². The number of para-hydroxylation sites is 1. The van der Waals surface area contributed by atoms with E-state index >= 15 is 0 Å². The standard InChI is InChI=1S/C15H18N4O3S3/c1-10-4-2-3-5-12(10)17-14-18-19-15(24-14)23-8-13(20)16-11-6-7-25(21,22)9-11/h2-5,11H,6-9H2,1H3,(H,16,20)(H,17,18)/t11-/m1/s1. The topological polar surface area (TPSA) is 101 Å². The summed E-state index contributed by atoms with van der Waals surface area (Å²) in [6.45, 7) is 2.01. The Morgan fingerprint density at radius 1 is 1.36 bits per heavy atom. The average molecular weight is 399 g/mol. The highest BCUT2D eigenvalue weighted by molar-refractivity contribution is 8.01. The van der Waals surface area contributed by atoms with Crippen LogP contribution in [0.25, 0.3) is 0 Å². The lowest BCUT2D eigenvalue weighted by Crippen LogP contribution is -2.36. The summed E-state index contributed by atoms with van der Waals surface area (Å²) in [6.07, 6.45) is 0.488. The molecule has 0 bridgehead atoms. The quantitative estimate of drug-likeness (QED) is 0.718. The molecule has 0 spiro atoms. The first-order valence-corrected chi connectivity index (χ1v) is 11.3. The minimum absolute atomic E-state index is 0.0344. The normalized spacial score (nSPS) is 18.8. The largest absolute Gasteiger partial charge is 0.352 e. The van der Waals surface area contributed by atoms with Gasteiger partial charge in [-0.3, -0.25) is 4.79 Å². The van der Waals surface area contributed by atoms with E-state index in [0.29, 0.717) is 15.9 Å². The molecular formula is C15H18N4O3S3. The molecular weight excluding hydrogens is 380 g/mol. The summed E-state index contributed by atoms with van der Waals surface area (Å²) in [7, 11) is -2.99. The van der Waals surface area contributed by atoms with Crippen LogP contribution in [-0.2, 0) is 14.6 Å². The summed E-state index contributed by atoms with van der Waals surface area (Å²) >= 11 is 2.67. The molecule has 25 heavy (non-hydrogen) atoms. The molecule has 1 fully saturated rings. The van der Waals surface area contributed by atoms with Gasteiger partial charge in [-0.05, 0) is 25.0 Å². The van der Waals surface area contributed by atoms with E-state index in [1.165, 1.54) is 23.1 Å². The van der Waals surface area contributed by atoms with Gasteiger partial charge in [0, 0.05) is 11.7 Å². The molecule has 134 valence electrons. The van der Waals surface area contributed by atoms with Crippen LogP contribution in [-0.4, -0.2) is 47.8 Å². The highest BCUT2D eigenvalue weighted by Crippen LogP contribution is 2.28. The molecule has 1 aromatic carbocycles. The molecule has 2 heterocycles. The number of benzene rings is 1. The van der Waals surface area contributed by atoms with Gasteiger partial charge in [-0.25, -0.2) is 8.42 Å². The summed E-state index contributed by atoms with van der Waals surface area (Å²) in [5.41, 5.74) is 2.08. The fourth-order valence-corrected chi connectivity index (χ4v) is 5.70. The second-order valence-electron chi connectivity index (χ2n) is 5.77. The van der Waals surface area contributed by atoms with Crippen LogP contribution in [0, 0.1) is 6.92 Å². The number of nitrogens with zero attached hydrogens (tertiary/aromatic N) is 2. The SMILES string of the molecule is Cc1ccccc1Nc1nnc(SCC(=O)N[C@@H]2CCS(=O)(=O)C2)s1. The van der Waals surface area contributed by atoms with E-state index in [1.807, 2.05) is 31.2 Å². The van der Waals surface area contributed by atoms with Crippen molar-refractivity contribution in [3.05, 3.63) is 29.8 Å². The van der Waals surface area contributed by atoms with Crippen LogP contribution in [0.15, 0.2) is 28.6 Å². The van der Waals surface area contributed by atoms with Gasteiger partial charge in [-0.2, -0.15) is 0 Å². The molecule has 1 aliphatic rings.